The highest BCUT2D eigenvalue weighted by Crippen LogP contribution is 2.50. The van der Waals surface area contributed by atoms with Gasteiger partial charge in [-0.1, -0.05) is 54.6 Å². The Kier molecular flexibility index (Phi) is 6.33. The molecule has 156 valence electrons. The van der Waals surface area contributed by atoms with Crippen LogP contribution in [0.15, 0.2) is 128 Å². The first-order valence-electron chi connectivity index (χ1n) is 9.70. The standard InChI is InChI=1S/C24H18N6O2/c31-23-20(28-25-17-10-4-1-5-11-17)16-21(29-26-18-12-6-2-7-13-18)24(32)22(23)30-27-19-14-8-3-9-15-19/h1-16,31-32H. The van der Waals surface area contributed by atoms with E-state index in [4.69, 9.17) is 0 Å². The lowest BCUT2D eigenvalue weighted by Crippen LogP contribution is -1.76. The lowest BCUT2D eigenvalue weighted by Gasteiger charge is -2.07. The zero-order valence-electron chi connectivity index (χ0n) is 16.8. The van der Waals surface area contributed by atoms with Gasteiger partial charge in [-0.05, 0) is 36.4 Å². The van der Waals surface area contributed by atoms with Gasteiger partial charge in [-0.3, -0.25) is 0 Å². The molecular weight excluding hydrogens is 404 g/mol. The average molecular weight is 422 g/mol. The molecule has 4 rings (SSSR count). The highest BCUT2D eigenvalue weighted by Gasteiger charge is 2.18. The lowest BCUT2D eigenvalue weighted by molar-refractivity contribution is 0.454. The lowest BCUT2D eigenvalue weighted by atomic mass is 10.2. The van der Waals surface area contributed by atoms with E-state index in [1.54, 1.807) is 48.5 Å². The Bertz CT molecular complexity index is 1200. The number of hydrogen-bond acceptors (Lipinski definition) is 8. The first kappa shape index (κ1) is 20.5. The number of rotatable bonds is 6. The molecule has 0 amide bonds. The van der Waals surface area contributed by atoms with Gasteiger partial charge in [0.25, 0.3) is 0 Å². The van der Waals surface area contributed by atoms with Gasteiger partial charge in [0, 0.05) is 6.07 Å². The Balaban J connectivity index is 1.77. The Morgan fingerprint density at radius 3 is 1.12 bits per heavy atom. The summed E-state index contributed by atoms with van der Waals surface area (Å²) in [5.74, 6) is -0.749. The van der Waals surface area contributed by atoms with Gasteiger partial charge >= 0.3 is 0 Å². The van der Waals surface area contributed by atoms with E-state index >= 15 is 0 Å². The van der Waals surface area contributed by atoms with Crippen LogP contribution in [0, 0.1) is 0 Å². The van der Waals surface area contributed by atoms with Crippen LogP contribution in [0.1, 0.15) is 0 Å². The number of aromatic hydroxyl groups is 2. The molecule has 4 aromatic carbocycles. The number of nitrogens with zero attached hydrogens (tertiary/aromatic N) is 6. The van der Waals surface area contributed by atoms with E-state index in [0.717, 1.165) is 0 Å². The summed E-state index contributed by atoms with van der Waals surface area (Å²) >= 11 is 0. The highest BCUT2D eigenvalue weighted by molar-refractivity contribution is 5.79. The number of phenols is 2. The second kappa shape index (κ2) is 9.86. The predicted molar refractivity (Wildman–Crippen MR) is 122 cm³/mol. The quantitative estimate of drug-likeness (QED) is 0.304. The maximum atomic E-state index is 10.7. The molecule has 0 saturated heterocycles. The number of azo groups is 3. The van der Waals surface area contributed by atoms with E-state index < -0.39 is 0 Å². The van der Waals surface area contributed by atoms with E-state index in [-0.39, 0.29) is 28.6 Å². The second-order valence-corrected chi connectivity index (χ2v) is 6.57. The summed E-state index contributed by atoms with van der Waals surface area (Å²) in [4.78, 5) is 0. The Morgan fingerprint density at radius 1 is 0.406 bits per heavy atom. The zero-order chi connectivity index (χ0) is 22.2. The summed E-state index contributed by atoms with van der Waals surface area (Å²) in [6, 6.07) is 28.4. The van der Waals surface area contributed by atoms with Crippen LogP contribution < -0.4 is 0 Å². The Hall–Kier alpha value is -4.72. The summed E-state index contributed by atoms with van der Waals surface area (Å²) in [7, 11) is 0. The molecular formula is C24H18N6O2. The summed E-state index contributed by atoms with van der Waals surface area (Å²) in [5.41, 5.74) is 1.70. The molecule has 0 atom stereocenters. The van der Waals surface area contributed by atoms with Crippen molar-refractivity contribution in [3.8, 4) is 11.5 Å². The highest BCUT2D eigenvalue weighted by atomic mass is 16.3. The summed E-state index contributed by atoms with van der Waals surface area (Å²) in [6.07, 6.45) is 0. The summed E-state index contributed by atoms with van der Waals surface area (Å²) < 4.78 is 0. The van der Waals surface area contributed by atoms with Gasteiger partial charge in [0.1, 0.15) is 11.4 Å². The summed E-state index contributed by atoms with van der Waals surface area (Å²) in [5, 5.41) is 46.0. The van der Waals surface area contributed by atoms with Gasteiger partial charge in [-0.25, -0.2) is 0 Å². The van der Waals surface area contributed by atoms with Crippen LogP contribution in [-0.2, 0) is 0 Å². The van der Waals surface area contributed by atoms with Crippen molar-refractivity contribution >= 4 is 34.1 Å². The fourth-order valence-electron chi connectivity index (χ4n) is 2.68. The van der Waals surface area contributed by atoms with Crippen molar-refractivity contribution in [1.82, 2.24) is 0 Å². The van der Waals surface area contributed by atoms with Gasteiger partial charge in [0.15, 0.2) is 17.2 Å². The topological polar surface area (TPSA) is 115 Å². The predicted octanol–water partition coefficient (Wildman–Crippen LogP) is 8.34. The molecule has 0 fully saturated rings. The molecule has 0 aliphatic heterocycles. The van der Waals surface area contributed by atoms with Crippen LogP contribution in [-0.4, -0.2) is 10.2 Å². The molecule has 2 N–H and O–H groups in total. The molecule has 32 heavy (non-hydrogen) atoms. The number of benzene rings is 4. The first-order valence-corrected chi connectivity index (χ1v) is 9.70. The molecule has 8 nitrogen and oxygen atoms in total. The van der Waals surface area contributed by atoms with E-state index in [1.165, 1.54) is 6.07 Å². The SMILES string of the molecule is Oc1c(N=Nc2ccccc2)cc(N=Nc2ccccc2)c(O)c1N=Nc1ccccc1. The second-order valence-electron chi connectivity index (χ2n) is 6.57. The molecule has 0 spiro atoms. The largest absolute Gasteiger partial charge is 0.504 e. The molecule has 0 aliphatic rings. The van der Waals surface area contributed by atoms with E-state index in [2.05, 4.69) is 30.7 Å². The average Bonchev–Trinajstić information content (AvgIpc) is 2.85. The summed E-state index contributed by atoms with van der Waals surface area (Å²) in [6.45, 7) is 0. The smallest absolute Gasteiger partial charge is 0.175 e. The monoisotopic (exact) mass is 422 g/mol. The van der Waals surface area contributed by atoms with Crippen LogP contribution in [0.4, 0.5) is 34.1 Å². The van der Waals surface area contributed by atoms with Crippen molar-refractivity contribution in [2.45, 2.75) is 0 Å². The van der Waals surface area contributed by atoms with Crippen molar-refractivity contribution < 1.29 is 10.2 Å². The number of hydrogen-bond donors (Lipinski definition) is 2. The maximum absolute atomic E-state index is 10.7. The van der Waals surface area contributed by atoms with Gasteiger partial charge in [-0.15, -0.1) is 15.3 Å². The van der Waals surface area contributed by atoms with E-state index in [1.807, 2.05) is 42.5 Å². The van der Waals surface area contributed by atoms with Crippen LogP contribution >= 0.6 is 0 Å². The maximum Gasteiger partial charge on any atom is 0.175 e. The van der Waals surface area contributed by atoms with Crippen LogP contribution in [0.3, 0.4) is 0 Å². The molecule has 8 heteroatoms. The zero-order valence-corrected chi connectivity index (χ0v) is 16.8. The van der Waals surface area contributed by atoms with Gasteiger partial charge < -0.3 is 10.2 Å². The Morgan fingerprint density at radius 2 is 0.750 bits per heavy atom. The Labute approximate surface area is 184 Å². The van der Waals surface area contributed by atoms with Crippen molar-refractivity contribution in [2.75, 3.05) is 0 Å². The minimum absolute atomic E-state index is 0.0654. The third-order valence-electron chi connectivity index (χ3n) is 4.29. The van der Waals surface area contributed by atoms with Gasteiger partial charge in [0.05, 0.1) is 17.1 Å². The van der Waals surface area contributed by atoms with Crippen LogP contribution in [0.5, 0.6) is 11.5 Å². The molecule has 0 aliphatic carbocycles. The number of phenolic OH excluding ortho intramolecular Hbond substituents is 2. The molecule has 0 radical (unpaired) electrons. The third-order valence-corrected chi connectivity index (χ3v) is 4.29. The minimum atomic E-state index is -0.375. The fraction of sp³-hybridized carbons (Fsp3) is 0. The molecule has 0 unspecified atom stereocenters. The fourth-order valence-corrected chi connectivity index (χ4v) is 2.68. The molecule has 4 aromatic rings. The molecule has 0 bridgehead atoms. The normalized spacial score (nSPS) is 11.6. The minimum Gasteiger partial charge on any atom is -0.504 e. The van der Waals surface area contributed by atoms with Crippen LogP contribution in [0.25, 0.3) is 0 Å². The van der Waals surface area contributed by atoms with E-state index in [9.17, 15) is 10.2 Å². The molecule has 0 aromatic heterocycles. The van der Waals surface area contributed by atoms with Gasteiger partial charge in [0.2, 0.25) is 0 Å². The van der Waals surface area contributed by atoms with Crippen LogP contribution in [0.2, 0.25) is 0 Å². The third kappa shape index (κ3) is 5.06. The van der Waals surface area contributed by atoms with Crippen molar-refractivity contribution in [3.05, 3.63) is 97.1 Å². The first-order chi connectivity index (χ1) is 15.7. The van der Waals surface area contributed by atoms with Crippen molar-refractivity contribution in [2.24, 2.45) is 30.7 Å². The van der Waals surface area contributed by atoms with Crippen molar-refractivity contribution in [3.63, 3.8) is 0 Å². The molecule has 0 heterocycles. The van der Waals surface area contributed by atoms with E-state index in [0.29, 0.717) is 17.1 Å². The van der Waals surface area contributed by atoms with Gasteiger partial charge in [-0.2, -0.15) is 15.3 Å². The van der Waals surface area contributed by atoms with Crippen molar-refractivity contribution in [1.29, 1.82) is 0 Å². The molecule has 0 saturated carbocycles.